The molecule has 0 unspecified atom stereocenters. The highest BCUT2D eigenvalue weighted by molar-refractivity contribution is 5.80. The van der Waals surface area contributed by atoms with Crippen molar-refractivity contribution in [3.63, 3.8) is 0 Å². The number of rotatable bonds is 6. The zero-order valence-electron chi connectivity index (χ0n) is 16.3. The average molecular weight is 377 g/mol. The lowest BCUT2D eigenvalue weighted by Gasteiger charge is -2.33. The van der Waals surface area contributed by atoms with Crippen molar-refractivity contribution in [2.24, 2.45) is 0 Å². The summed E-state index contributed by atoms with van der Waals surface area (Å²) in [5, 5.41) is 4.20. The number of hydrogen-bond acceptors (Lipinski definition) is 4. The summed E-state index contributed by atoms with van der Waals surface area (Å²) in [6.45, 7) is 5.34. The van der Waals surface area contributed by atoms with Gasteiger partial charge >= 0.3 is 0 Å². The van der Waals surface area contributed by atoms with E-state index < -0.39 is 0 Å². The fourth-order valence-corrected chi connectivity index (χ4v) is 3.59. The molecule has 0 atom stereocenters. The van der Waals surface area contributed by atoms with Crippen LogP contribution in [0.5, 0.6) is 0 Å². The van der Waals surface area contributed by atoms with E-state index in [-0.39, 0.29) is 5.91 Å². The number of aromatic nitrogens is 2. The Morgan fingerprint density at radius 2 is 1.89 bits per heavy atom. The molecule has 0 saturated carbocycles. The van der Waals surface area contributed by atoms with E-state index in [2.05, 4.69) is 62.0 Å². The Labute approximate surface area is 165 Å². The Morgan fingerprint density at radius 3 is 2.68 bits per heavy atom. The zero-order valence-corrected chi connectivity index (χ0v) is 16.3. The van der Waals surface area contributed by atoms with Gasteiger partial charge in [-0.2, -0.15) is 0 Å². The van der Waals surface area contributed by atoms with E-state index in [0.29, 0.717) is 19.5 Å². The lowest BCUT2D eigenvalue weighted by atomic mass is 10.2. The summed E-state index contributed by atoms with van der Waals surface area (Å²) in [5.41, 5.74) is 2.19. The molecule has 1 N–H and O–H groups in total. The van der Waals surface area contributed by atoms with Crippen LogP contribution in [0, 0.1) is 0 Å². The summed E-state index contributed by atoms with van der Waals surface area (Å²) < 4.78 is 2.13. The molecule has 2 aromatic heterocycles. The lowest BCUT2D eigenvalue weighted by molar-refractivity contribution is -0.121. The number of piperazine rings is 1. The standard InChI is InChI=1S/C22H27N5O/c1-25-12-14-27(15-13-25)21-7-6-18(16-23-21)17-24-22(28)9-11-26-10-8-19-4-2-3-5-20(19)26/h2-8,10,16H,9,11-15,17H2,1H3,(H,24,28). The van der Waals surface area contributed by atoms with Gasteiger partial charge in [-0.1, -0.05) is 24.3 Å². The molecule has 4 rings (SSSR count). The van der Waals surface area contributed by atoms with Gasteiger partial charge in [0, 0.05) is 63.6 Å². The van der Waals surface area contributed by atoms with Crippen molar-refractivity contribution in [3.8, 4) is 0 Å². The first kappa shape index (κ1) is 18.5. The first-order valence-corrected chi connectivity index (χ1v) is 9.88. The molecule has 0 spiro atoms. The van der Waals surface area contributed by atoms with Crippen LogP contribution in [0.1, 0.15) is 12.0 Å². The number of likely N-dealkylation sites (N-methyl/N-ethyl adjacent to an activating group) is 1. The highest BCUT2D eigenvalue weighted by Gasteiger charge is 2.15. The molecule has 3 aromatic rings. The van der Waals surface area contributed by atoms with Gasteiger partial charge in [0.2, 0.25) is 5.91 Å². The van der Waals surface area contributed by atoms with Crippen LogP contribution in [0.3, 0.4) is 0 Å². The molecule has 6 nitrogen and oxygen atoms in total. The average Bonchev–Trinajstić information content (AvgIpc) is 3.15. The van der Waals surface area contributed by atoms with Crippen LogP contribution < -0.4 is 10.2 Å². The van der Waals surface area contributed by atoms with E-state index in [1.165, 1.54) is 10.9 Å². The van der Waals surface area contributed by atoms with Crippen molar-refractivity contribution in [2.75, 3.05) is 38.1 Å². The smallest absolute Gasteiger partial charge is 0.222 e. The Bertz CT molecular complexity index is 926. The van der Waals surface area contributed by atoms with Crippen LogP contribution >= 0.6 is 0 Å². The van der Waals surface area contributed by atoms with Gasteiger partial charge in [0.25, 0.3) is 0 Å². The Balaban J connectivity index is 1.25. The van der Waals surface area contributed by atoms with Crippen molar-refractivity contribution in [2.45, 2.75) is 19.5 Å². The molecule has 0 bridgehead atoms. The summed E-state index contributed by atoms with van der Waals surface area (Å²) in [6.07, 6.45) is 4.37. The molecular formula is C22H27N5O. The quantitative estimate of drug-likeness (QED) is 0.717. The minimum atomic E-state index is 0.0564. The second kappa shape index (κ2) is 8.44. The summed E-state index contributed by atoms with van der Waals surface area (Å²) in [4.78, 5) is 21.5. The molecule has 1 saturated heterocycles. The minimum Gasteiger partial charge on any atom is -0.354 e. The van der Waals surface area contributed by atoms with E-state index in [0.717, 1.165) is 37.6 Å². The molecular weight excluding hydrogens is 350 g/mol. The zero-order chi connectivity index (χ0) is 19.3. The third-order valence-corrected chi connectivity index (χ3v) is 5.39. The molecule has 28 heavy (non-hydrogen) atoms. The number of hydrogen-bond donors (Lipinski definition) is 1. The fraction of sp³-hybridized carbons (Fsp3) is 0.364. The second-order valence-corrected chi connectivity index (χ2v) is 7.41. The predicted molar refractivity (Wildman–Crippen MR) is 112 cm³/mol. The maximum absolute atomic E-state index is 12.2. The molecule has 6 heteroatoms. The Kier molecular flexibility index (Phi) is 5.58. The number of amides is 1. The first-order chi connectivity index (χ1) is 13.7. The topological polar surface area (TPSA) is 53.4 Å². The fourth-order valence-electron chi connectivity index (χ4n) is 3.59. The largest absolute Gasteiger partial charge is 0.354 e. The maximum Gasteiger partial charge on any atom is 0.222 e. The summed E-state index contributed by atoms with van der Waals surface area (Å²) in [6, 6.07) is 14.4. The second-order valence-electron chi connectivity index (χ2n) is 7.41. The monoisotopic (exact) mass is 377 g/mol. The number of benzene rings is 1. The molecule has 0 aliphatic carbocycles. The number of anilines is 1. The van der Waals surface area contributed by atoms with Gasteiger partial charge in [-0.3, -0.25) is 4.79 Å². The third-order valence-electron chi connectivity index (χ3n) is 5.39. The highest BCUT2D eigenvalue weighted by Crippen LogP contribution is 2.16. The summed E-state index contributed by atoms with van der Waals surface area (Å²) in [5.74, 6) is 1.07. The van der Waals surface area contributed by atoms with Gasteiger partial charge in [0.1, 0.15) is 5.82 Å². The van der Waals surface area contributed by atoms with Crippen molar-refractivity contribution in [1.82, 2.24) is 19.8 Å². The van der Waals surface area contributed by atoms with Crippen LogP contribution in [0.2, 0.25) is 0 Å². The van der Waals surface area contributed by atoms with Crippen LogP contribution in [-0.4, -0.2) is 53.6 Å². The van der Waals surface area contributed by atoms with Crippen molar-refractivity contribution in [3.05, 3.63) is 60.4 Å². The van der Waals surface area contributed by atoms with E-state index >= 15 is 0 Å². The SMILES string of the molecule is CN1CCN(c2ccc(CNC(=O)CCn3ccc4ccccc43)cn2)CC1. The van der Waals surface area contributed by atoms with Gasteiger partial charge in [-0.05, 0) is 36.2 Å². The normalized spacial score (nSPS) is 15.1. The van der Waals surface area contributed by atoms with E-state index in [4.69, 9.17) is 0 Å². The number of carbonyl (C=O) groups is 1. The third kappa shape index (κ3) is 4.34. The molecule has 3 heterocycles. The van der Waals surface area contributed by atoms with Crippen molar-refractivity contribution < 1.29 is 4.79 Å². The molecule has 0 radical (unpaired) electrons. The Hall–Kier alpha value is -2.86. The molecule has 146 valence electrons. The van der Waals surface area contributed by atoms with E-state index in [1.807, 2.05) is 24.5 Å². The number of nitrogens with one attached hydrogen (secondary N) is 1. The van der Waals surface area contributed by atoms with Crippen LogP contribution in [0.25, 0.3) is 10.9 Å². The number of aryl methyl sites for hydroxylation is 1. The number of pyridine rings is 1. The predicted octanol–water partition coefficient (Wildman–Crippen LogP) is 2.49. The molecule has 1 aromatic carbocycles. The number of fused-ring (bicyclic) bond motifs is 1. The highest BCUT2D eigenvalue weighted by atomic mass is 16.1. The lowest BCUT2D eigenvalue weighted by Crippen LogP contribution is -2.44. The van der Waals surface area contributed by atoms with Crippen LogP contribution in [0.4, 0.5) is 5.82 Å². The van der Waals surface area contributed by atoms with Gasteiger partial charge < -0.3 is 19.7 Å². The molecule has 1 aliphatic heterocycles. The van der Waals surface area contributed by atoms with Gasteiger partial charge in [-0.25, -0.2) is 4.98 Å². The molecule has 1 amide bonds. The number of para-hydroxylation sites is 1. The summed E-state index contributed by atoms with van der Waals surface area (Å²) >= 11 is 0. The van der Waals surface area contributed by atoms with Gasteiger partial charge in [0.15, 0.2) is 0 Å². The van der Waals surface area contributed by atoms with Gasteiger partial charge in [-0.15, -0.1) is 0 Å². The van der Waals surface area contributed by atoms with Gasteiger partial charge in [0.05, 0.1) is 0 Å². The van der Waals surface area contributed by atoms with Crippen LogP contribution in [0.15, 0.2) is 54.9 Å². The Morgan fingerprint density at radius 1 is 1.07 bits per heavy atom. The number of carbonyl (C=O) groups excluding carboxylic acids is 1. The van der Waals surface area contributed by atoms with Crippen molar-refractivity contribution in [1.29, 1.82) is 0 Å². The summed E-state index contributed by atoms with van der Waals surface area (Å²) in [7, 11) is 2.15. The molecule has 1 aliphatic rings. The van der Waals surface area contributed by atoms with E-state index in [9.17, 15) is 4.79 Å². The molecule has 1 fully saturated rings. The maximum atomic E-state index is 12.2. The van der Waals surface area contributed by atoms with Crippen molar-refractivity contribution >= 4 is 22.6 Å². The first-order valence-electron chi connectivity index (χ1n) is 9.88. The minimum absolute atomic E-state index is 0.0564. The van der Waals surface area contributed by atoms with E-state index in [1.54, 1.807) is 0 Å². The van der Waals surface area contributed by atoms with Crippen LogP contribution in [-0.2, 0) is 17.9 Å². The number of nitrogens with zero attached hydrogens (tertiary/aromatic N) is 4.